The van der Waals surface area contributed by atoms with E-state index in [4.69, 9.17) is 19.4 Å². The molecule has 0 aliphatic carbocycles. The Labute approximate surface area is 232 Å². The molecule has 212 valence electrons. The first kappa shape index (κ1) is 27.8. The van der Waals surface area contributed by atoms with Crippen LogP contribution < -0.4 is 19.9 Å². The molecule has 1 aliphatic heterocycles. The summed E-state index contributed by atoms with van der Waals surface area (Å²) >= 11 is 0. The molecule has 40 heavy (non-hydrogen) atoms. The van der Waals surface area contributed by atoms with Crippen LogP contribution in [-0.2, 0) is 6.54 Å². The molecule has 0 bridgehead atoms. The number of anilines is 1. The van der Waals surface area contributed by atoms with Gasteiger partial charge in [0.1, 0.15) is 0 Å². The summed E-state index contributed by atoms with van der Waals surface area (Å²) in [6, 6.07) is 9.57. The van der Waals surface area contributed by atoms with Crippen molar-refractivity contribution in [2.75, 3.05) is 58.5 Å². The molecule has 2 N–H and O–H groups in total. The fraction of sp³-hybridized carbons (Fsp3) is 0.448. The van der Waals surface area contributed by atoms with Crippen LogP contribution in [0.4, 0.5) is 5.95 Å². The minimum atomic E-state index is -0.0846. The normalized spacial score (nSPS) is 14.6. The van der Waals surface area contributed by atoms with Gasteiger partial charge in [-0.25, -0.2) is 15.0 Å². The molecule has 11 heteroatoms. The Morgan fingerprint density at radius 1 is 0.950 bits per heavy atom. The number of likely N-dealkylation sites (tertiary alicyclic amines) is 1. The van der Waals surface area contributed by atoms with Gasteiger partial charge >= 0.3 is 0 Å². The molecule has 1 aliphatic rings. The second kappa shape index (κ2) is 12.2. The van der Waals surface area contributed by atoms with Gasteiger partial charge in [-0.15, -0.1) is 0 Å². The molecule has 0 spiro atoms. The summed E-state index contributed by atoms with van der Waals surface area (Å²) in [5.74, 6) is 1.59. The van der Waals surface area contributed by atoms with E-state index in [1.807, 2.05) is 37.3 Å². The molecule has 0 radical (unpaired) electrons. The van der Waals surface area contributed by atoms with E-state index in [1.165, 1.54) is 0 Å². The zero-order chi connectivity index (χ0) is 28.2. The summed E-state index contributed by atoms with van der Waals surface area (Å²) in [6.45, 7) is 4.57. The summed E-state index contributed by atoms with van der Waals surface area (Å²) < 4.78 is 12.8. The van der Waals surface area contributed by atoms with Crippen LogP contribution in [0.3, 0.4) is 0 Å². The van der Waals surface area contributed by atoms with Crippen LogP contribution in [0.1, 0.15) is 30.1 Å². The lowest BCUT2D eigenvalue weighted by Crippen LogP contribution is -2.37. The largest absolute Gasteiger partial charge is 0.493 e. The zero-order valence-corrected chi connectivity index (χ0v) is 23.2. The molecule has 2 aromatic carbocycles. The lowest BCUT2D eigenvalue weighted by Gasteiger charge is -2.33. The summed E-state index contributed by atoms with van der Waals surface area (Å²) in [6.07, 6.45) is 3.31. The van der Waals surface area contributed by atoms with Gasteiger partial charge < -0.3 is 24.6 Å². The van der Waals surface area contributed by atoms with Crippen LogP contribution >= 0.6 is 0 Å². The number of aliphatic hydroxyl groups excluding tert-OH is 2. The number of fused-ring (bicyclic) bond motifs is 2. The first-order valence-corrected chi connectivity index (χ1v) is 13.5. The van der Waals surface area contributed by atoms with Crippen LogP contribution in [0.15, 0.2) is 41.5 Å². The van der Waals surface area contributed by atoms with Gasteiger partial charge in [0.05, 0.1) is 55.9 Å². The quantitative estimate of drug-likeness (QED) is 0.305. The fourth-order valence-corrected chi connectivity index (χ4v) is 5.40. The van der Waals surface area contributed by atoms with Gasteiger partial charge in [-0.3, -0.25) is 14.3 Å². The van der Waals surface area contributed by atoms with Gasteiger partial charge in [0.25, 0.3) is 5.56 Å². The highest BCUT2D eigenvalue weighted by Gasteiger charge is 2.24. The average molecular weight is 549 g/mol. The van der Waals surface area contributed by atoms with Gasteiger partial charge in [-0.1, -0.05) is 11.6 Å². The Balaban J connectivity index is 1.42. The Bertz CT molecular complexity index is 1540. The van der Waals surface area contributed by atoms with E-state index in [9.17, 15) is 15.0 Å². The van der Waals surface area contributed by atoms with Crippen molar-refractivity contribution in [3.8, 4) is 11.5 Å². The molecular weight excluding hydrogens is 512 g/mol. The molecule has 0 atom stereocenters. The zero-order valence-electron chi connectivity index (χ0n) is 23.2. The summed E-state index contributed by atoms with van der Waals surface area (Å²) in [4.78, 5) is 31.5. The van der Waals surface area contributed by atoms with E-state index < -0.39 is 0 Å². The maximum absolute atomic E-state index is 13.2. The molecule has 1 saturated heterocycles. The lowest BCUT2D eigenvalue weighted by atomic mass is 10.0. The minimum Gasteiger partial charge on any atom is -0.493 e. The van der Waals surface area contributed by atoms with E-state index in [2.05, 4.69) is 9.88 Å². The van der Waals surface area contributed by atoms with Crippen molar-refractivity contribution in [1.82, 2.24) is 24.4 Å². The predicted octanol–water partition coefficient (Wildman–Crippen LogP) is 2.29. The van der Waals surface area contributed by atoms with E-state index in [0.717, 1.165) is 48.1 Å². The van der Waals surface area contributed by atoms with Crippen molar-refractivity contribution in [1.29, 1.82) is 0 Å². The molecule has 0 saturated carbocycles. The predicted molar refractivity (Wildman–Crippen MR) is 153 cm³/mol. The average Bonchev–Trinajstić information content (AvgIpc) is 2.97. The number of benzene rings is 2. The number of hydrogen-bond donors (Lipinski definition) is 2. The van der Waals surface area contributed by atoms with Crippen LogP contribution in [0, 0.1) is 6.92 Å². The SMILES string of the molecule is COc1cc2nc(N(CCO)CCO)nc(CN3CCC(n4cnc5ccc(C)cc5c4=O)CC3)c2cc1OC. The van der Waals surface area contributed by atoms with Crippen molar-refractivity contribution in [3.05, 3.63) is 58.3 Å². The second-order valence-electron chi connectivity index (χ2n) is 10.1. The number of nitrogens with zero attached hydrogens (tertiary/aromatic N) is 6. The standard InChI is InChI=1S/C29H36N6O5/c1-19-4-5-23-22(14-19)28(38)35(18-30-23)20-6-8-33(9-7-20)17-25-21-15-26(39-2)27(40-3)16-24(21)31-29(32-25)34(10-12-36)11-13-37/h4-5,14-16,18,20,36-37H,6-13,17H2,1-3H3. The maximum Gasteiger partial charge on any atom is 0.261 e. The number of aliphatic hydroxyl groups is 2. The Hall–Kier alpha value is -3.80. The molecule has 0 amide bonds. The number of aryl methyl sites for hydroxylation is 1. The molecule has 0 unspecified atom stereocenters. The van der Waals surface area contributed by atoms with Crippen molar-refractivity contribution in [3.63, 3.8) is 0 Å². The molecule has 11 nitrogen and oxygen atoms in total. The fourth-order valence-electron chi connectivity index (χ4n) is 5.40. The third kappa shape index (κ3) is 5.58. The van der Waals surface area contributed by atoms with E-state index in [-0.39, 0.29) is 24.8 Å². The highest BCUT2D eigenvalue weighted by atomic mass is 16.5. The van der Waals surface area contributed by atoms with Gasteiger partial charge in [-0.2, -0.15) is 0 Å². The summed E-state index contributed by atoms with van der Waals surface area (Å²) in [7, 11) is 3.18. The third-order valence-electron chi connectivity index (χ3n) is 7.55. The van der Waals surface area contributed by atoms with Gasteiger partial charge in [0.2, 0.25) is 5.95 Å². The lowest BCUT2D eigenvalue weighted by molar-refractivity contribution is 0.176. The van der Waals surface area contributed by atoms with Crippen LogP contribution in [-0.4, -0.2) is 88.2 Å². The van der Waals surface area contributed by atoms with Crippen molar-refractivity contribution < 1.29 is 19.7 Å². The minimum absolute atomic E-state index is 0.00693. The summed E-state index contributed by atoms with van der Waals surface area (Å²) in [5.41, 5.74) is 3.28. The van der Waals surface area contributed by atoms with Crippen molar-refractivity contribution in [2.45, 2.75) is 32.4 Å². The van der Waals surface area contributed by atoms with Crippen LogP contribution in [0.25, 0.3) is 21.8 Å². The maximum atomic E-state index is 13.2. The number of rotatable bonds is 10. The highest BCUT2D eigenvalue weighted by molar-refractivity contribution is 5.86. The van der Waals surface area contributed by atoms with Crippen LogP contribution in [0.2, 0.25) is 0 Å². The van der Waals surface area contributed by atoms with Gasteiger partial charge in [0.15, 0.2) is 11.5 Å². The molecule has 3 heterocycles. The highest BCUT2D eigenvalue weighted by Crippen LogP contribution is 2.34. The monoisotopic (exact) mass is 548 g/mol. The Kier molecular flexibility index (Phi) is 8.43. The number of hydrogen-bond acceptors (Lipinski definition) is 10. The molecular formula is C29H36N6O5. The third-order valence-corrected chi connectivity index (χ3v) is 7.55. The number of ether oxygens (including phenoxy) is 2. The number of aromatic nitrogens is 4. The van der Waals surface area contributed by atoms with E-state index >= 15 is 0 Å². The second-order valence-corrected chi connectivity index (χ2v) is 10.1. The Morgan fingerprint density at radius 3 is 2.33 bits per heavy atom. The Morgan fingerprint density at radius 2 is 1.65 bits per heavy atom. The number of methoxy groups -OCH3 is 2. The first-order valence-electron chi connectivity index (χ1n) is 13.5. The van der Waals surface area contributed by atoms with Crippen LogP contribution in [0.5, 0.6) is 11.5 Å². The van der Waals surface area contributed by atoms with Gasteiger partial charge in [-0.05, 0) is 38.0 Å². The van der Waals surface area contributed by atoms with Crippen molar-refractivity contribution in [2.24, 2.45) is 0 Å². The van der Waals surface area contributed by atoms with E-state index in [1.54, 1.807) is 30.0 Å². The van der Waals surface area contributed by atoms with Gasteiger partial charge in [0, 0.05) is 50.2 Å². The smallest absolute Gasteiger partial charge is 0.261 e. The molecule has 4 aromatic rings. The molecule has 1 fully saturated rings. The first-order chi connectivity index (χ1) is 19.4. The number of piperidine rings is 1. The van der Waals surface area contributed by atoms with E-state index in [0.29, 0.717) is 48.0 Å². The molecule has 5 rings (SSSR count). The van der Waals surface area contributed by atoms with Crippen molar-refractivity contribution >= 4 is 27.8 Å². The topological polar surface area (TPSA) is 126 Å². The molecule has 2 aromatic heterocycles. The summed E-state index contributed by atoms with van der Waals surface area (Å²) in [5, 5.41) is 20.7.